The Morgan fingerprint density at radius 2 is 2.00 bits per heavy atom. The van der Waals surface area contributed by atoms with E-state index in [2.05, 4.69) is 36.8 Å². The van der Waals surface area contributed by atoms with Crippen LogP contribution >= 0.6 is 43.5 Å². The molecule has 0 fully saturated rings. The van der Waals surface area contributed by atoms with Gasteiger partial charge in [0.2, 0.25) is 0 Å². The number of alkyl halides is 2. The van der Waals surface area contributed by atoms with E-state index in [-0.39, 0.29) is 10.8 Å². The number of rotatable bonds is 1. The number of hydrogen-bond donors (Lipinski definition) is 0. The summed E-state index contributed by atoms with van der Waals surface area (Å²) >= 11 is 11.7. The lowest BCUT2D eigenvalue weighted by Gasteiger charge is -2.02. The van der Waals surface area contributed by atoms with E-state index in [1.165, 1.54) is 6.07 Å². The molecule has 0 amide bonds. The molecule has 0 unspecified atom stereocenters. The van der Waals surface area contributed by atoms with Gasteiger partial charge in [-0.2, -0.15) is 0 Å². The van der Waals surface area contributed by atoms with Gasteiger partial charge >= 0.3 is 0 Å². The monoisotopic (exact) mass is 319 g/mol. The largest absolute Gasteiger partial charge is 0.280 e. The van der Waals surface area contributed by atoms with Crippen LogP contribution in [0.25, 0.3) is 0 Å². The second kappa shape index (κ2) is 3.98. The molecule has 0 aliphatic rings. The lowest BCUT2D eigenvalue weighted by Crippen LogP contribution is -1.91. The van der Waals surface area contributed by atoms with E-state index in [1.807, 2.05) is 0 Å². The number of nitrogens with zero attached hydrogens (tertiary/aromatic N) is 1. The molecule has 0 bridgehead atoms. The van der Waals surface area contributed by atoms with Gasteiger partial charge in [-0.15, -0.1) is 0 Å². The molecule has 0 radical (unpaired) electrons. The van der Waals surface area contributed by atoms with Crippen molar-refractivity contribution in [3.05, 3.63) is 25.9 Å². The first-order valence-corrected chi connectivity index (χ1v) is 4.78. The summed E-state index contributed by atoms with van der Waals surface area (Å²) in [5, 5.41) is 0.0275. The molecule has 1 rings (SSSR count). The summed E-state index contributed by atoms with van der Waals surface area (Å²) in [6.07, 6.45) is -2.60. The van der Waals surface area contributed by atoms with E-state index in [1.54, 1.807) is 0 Å². The smallest absolute Gasteiger partial charge is 0.234 e. The zero-order valence-electron chi connectivity index (χ0n) is 5.49. The maximum atomic E-state index is 12.1. The van der Waals surface area contributed by atoms with Gasteiger partial charge in [0.05, 0.1) is 4.47 Å². The van der Waals surface area contributed by atoms with Crippen LogP contribution in [-0.4, -0.2) is 4.98 Å². The van der Waals surface area contributed by atoms with Crippen LogP contribution < -0.4 is 0 Å². The fraction of sp³-hybridized carbons (Fsp3) is 0.167. The molecule has 0 aromatic carbocycles. The van der Waals surface area contributed by atoms with Gasteiger partial charge in [-0.3, -0.25) is 0 Å². The number of aromatic nitrogens is 1. The fourth-order valence-corrected chi connectivity index (χ4v) is 1.54. The molecule has 1 aromatic rings. The first-order chi connectivity index (χ1) is 5.52. The van der Waals surface area contributed by atoms with Crippen LogP contribution in [0.15, 0.2) is 15.0 Å². The third kappa shape index (κ3) is 2.14. The molecule has 1 heterocycles. The van der Waals surface area contributed by atoms with Crippen molar-refractivity contribution in [3.8, 4) is 0 Å². The quantitative estimate of drug-likeness (QED) is 0.707. The molecule has 0 aliphatic heterocycles. The third-order valence-electron chi connectivity index (χ3n) is 1.12. The van der Waals surface area contributed by atoms with Crippen molar-refractivity contribution in [3.63, 3.8) is 0 Å². The minimum atomic E-state index is -2.60. The number of hydrogen-bond acceptors (Lipinski definition) is 1. The van der Waals surface area contributed by atoms with Gasteiger partial charge in [0.1, 0.15) is 10.8 Å². The molecule has 1 aromatic heterocycles. The molecule has 0 N–H and O–H groups in total. The van der Waals surface area contributed by atoms with E-state index in [4.69, 9.17) is 11.6 Å². The van der Waals surface area contributed by atoms with Crippen molar-refractivity contribution in [2.45, 2.75) is 6.43 Å². The fourth-order valence-electron chi connectivity index (χ4n) is 0.598. The van der Waals surface area contributed by atoms with E-state index >= 15 is 0 Å². The van der Waals surface area contributed by atoms with Crippen molar-refractivity contribution in [1.29, 1.82) is 0 Å². The molecule has 6 heteroatoms. The maximum Gasteiger partial charge on any atom is 0.280 e. The number of pyridine rings is 1. The molecule has 0 aliphatic carbocycles. The van der Waals surface area contributed by atoms with E-state index < -0.39 is 6.43 Å². The van der Waals surface area contributed by atoms with Crippen LogP contribution in [-0.2, 0) is 0 Å². The van der Waals surface area contributed by atoms with Crippen molar-refractivity contribution in [1.82, 2.24) is 4.98 Å². The summed E-state index contributed by atoms with van der Waals surface area (Å²) in [6.45, 7) is 0. The van der Waals surface area contributed by atoms with Crippen molar-refractivity contribution in [2.75, 3.05) is 0 Å². The average molecular weight is 321 g/mol. The summed E-state index contributed by atoms with van der Waals surface area (Å²) in [4.78, 5) is 3.47. The van der Waals surface area contributed by atoms with Crippen molar-refractivity contribution < 1.29 is 8.78 Å². The van der Waals surface area contributed by atoms with E-state index in [0.29, 0.717) is 8.95 Å². The summed E-state index contributed by atoms with van der Waals surface area (Å²) < 4.78 is 25.2. The lowest BCUT2D eigenvalue weighted by molar-refractivity contribution is 0.146. The van der Waals surface area contributed by atoms with Gasteiger partial charge in [-0.05, 0) is 37.9 Å². The Kier molecular flexibility index (Phi) is 3.43. The first kappa shape index (κ1) is 10.3. The van der Waals surface area contributed by atoms with Crippen molar-refractivity contribution >= 4 is 43.5 Å². The Labute approximate surface area is 89.4 Å². The number of halogens is 5. The maximum absolute atomic E-state index is 12.1. The topological polar surface area (TPSA) is 12.9 Å². The molecule has 1 nitrogen and oxygen atoms in total. The third-order valence-corrected chi connectivity index (χ3v) is 3.58. The first-order valence-electron chi connectivity index (χ1n) is 2.82. The van der Waals surface area contributed by atoms with Gasteiger partial charge in [0, 0.05) is 4.47 Å². The SMILES string of the molecule is FC(F)c1cc(Br)c(Br)c(Cl)n1. The summed E-state index contributed by atoms with van der Waals surface area (Å²) in [5.41, 5.74) is -0.338. The zero-order chi connectivity index (χ0) is 9.30. The summed E-state index contributed by atoms with van der Waals surface area (Å²) in [6, 6.07) is 1.22. The Hall–Kier alpha value is 0.260. The van der Waals surface area contributed by atoms with Crippen LogP contribution in [0.4, 0.5) is 8.78 Å². The molecule has 0 atom stereocenters. The highest BCUT2D eigenvalue weighted by atomic mass is 79.9. The standard InChI is InChI=1S/C6H2Br2ClF2N/c7-2-1-3(6(10)11)12-5(9)4(2)8/h1,6H. The lowest BCUT2D eigenvalue weighted by atomic mass is 10.4. The van der Waals surface area contributed by atoms with Crippen LogP contribution in [0.5, 0.6) is 0 Å². The van der Waals surface area contributed by atoms with Gasteiger partial charge in [-0.25, -0.2) is 13.8 Å². The summed E-state index contributed by atoms with van der Waals surface area (Å²) in [7, 11) is 0. The van der Waals surface area contributed by atoms with E-state index in [0.717, 1.165) is 0 Å². The molecule has 12 heavy (non-hydrogen) atoms. The van der Waals surface area contributed by atoms with Gasteiger partial charge in [-0.1, -0.05) is 11.6 Å². The molecular formula is C6H2Br2ClF2N. The molecule has 0 saturated carbocycles. The van der Waals surface area contributed by atoms with Gasteiger partial charge < -0.3 is 0 Å². The minimum absolute atomic E-state index is 0.0275. The highest BCUT2D eigenvalue weighted by Crippen LogP contribution is 2.32. The Morgan fingerprint density at radius 1 is 1.42 bits per heavy atom. The molecule has 0 saturated heterocycles. The highest BCUT2D eigenvalue weighted by Gasteiger charge is 2.13. The van der Waals surface area contributed by atoms with Crippen LogP contribution in [0, 0.1) is 0 Å². The predicted octanol–water partition coefficient (Wildman–Crippen LogP) is 4.20. The van der Waals surface area contributed by atoms with Crippen LogP contribution in [0.1, 0.15) is 12.1 Å². The molecular weight excluding hydrogens is 319 g/mol. The normalized spacial score (nSPS) is 10.8. The van der Waals surface area contributed by atoms with E-state index in [9.17, 15) is 8.78 Å². The second-order valence-corrected chi connectivity index (χ2v) is 3.94. The Morgan fingerprint density at radius 3 is 2.42 bits per heavy atom. The Bertz CT molecular complexity index is 283. The van der Waals surface area contributed by atoms with Crippen LogP contribution in [0.3, 0.4) is 0 Å². The average Bonchev–Trinajstić information content (AvgIpc) is 1.99. The van der Waals surface area contributed by atoms with Crippen molar-refractivity contribution in [2.24, 2.45) is 0 Å². The predicted molar refractivity (Wildman–Crippen MR) is 49.6 cm³/mol. The molecule has 0 spiro atoms. The second-order valence-electron chi connectivity index (χ2n) is 1.93. The Balaban J connectivity index is 3.21. The summed E-state index contributed by atoms with van der Waals surface area (Å²) in [5.74, 6) is 0. The van der Waals surface area contributed by atoms with Crippen LogP contribution in [0.2, 0.25) is 5.15 Å². The highest BCUT2D eigenvalue weighted by molar-refractivity contribution is 9.13. The van der Waals surface area contributed by atoms with Gasteiger partial charge in [0.15, 0.2) is 0 Å². The van der Waals surface area contributed by atoms with Gasteiger partial charge in [0.25, 0.3) is 6.43 Å². The minimum Gasteiger partial charge on any atom is -0.234 e. The molecule has 66 valence electrons. The zero-order valence-corrected chi connectivity index (χ0v) is 9.42.